The van der Waals surface area contributed by atoms with Crippen LogP contribution in [0, 0.1) is 6.92 Å². The normalized spacial score (nSPS) is 10.4. The van der Waals surface area contributed by atoms with Gasteiger partial charge in [0.15, 0.2) is 12.4 Å². The number of carbonyl (C=O) groups is 1. The highest BCUT2D eigenvalue weighted by Gasteiger charge is 2.07. The van der Waals surface area contributed by atoms with Gasteiger partial charge in [-0.1, -0.05) is 45.4 Å². The summed E-state index contributed by atoms with van der Waals surface area (Å²) in [7, 11) is 0. The van der Waals surface area contributed by atoms with Gasteiger partial charge in [-0.05, 0) is 42.3 Å². The van der Waals surface area contributed by atoms with E-state index in [4.69, 9.17) is 9.26 Å². The van der Waals surface area contributed by atoms with Crippen LogP contribution in [0.3, 0.4) is 0 Å². The van der Waals surface area contributed by atoms with E-state index < -0.39 is 0 Å². The Bertz CT molecular complexity index is 826. The van der Waals surface area contributed by atoms with Crippen LogP contribution in [0.2, 0.25) is 0 Å². The second kappa shape index (κ2) is 7.31. The van der Waals surface area contributed by atoms with Crippen molar-refractivity contribution in [1.82, 2.24) is 5.16 Å². The van der Waals surface area contributed by atoms with E-state index >= 15 is 0 Å². The molecule has 0 spiro atoms. The summed E-state index contributed by atoms with van der Waals surface area (Å²) >= 11 is 3.42. The number of hydrogen-bond donors (Lipinski definition) is 1. The summed E-state index contributed by atoms with van der Waals surface area (Å²) in [5, 5.41) is 6.30. The second-order valence-corrected chi connectivity index (χ2v) is 6.11. The predicted molar refractivity (Wildman–Crippen MR) is 94.9 cm³/mol. The van der Waals surface area contributed by atoms with Crippen molar-refractivity contribution < 1.29 is 14.1 Å². The van der Waals surface area contributed by atoms with Crippen LogP contribution in [0.4, 0.5) is 5.82 Å². The van der Waals surface area contributed by atoms with Gasteiger partial charge in [0.25, 0.3) is 5.91 Å². The molecule has 2 aromatic carbocycles. The lowest BCUT2D eigenvalue weighted by Gasteiger charge is -2.07. The molecule has 24 heavy (non-hydrogen) atoms. The second-order valence-electron chi connectivity index (χ2n) is 5.19. The molecule has 0 saturated heterocycles. The molecule has 0 aliphatic rings. The van der Waals surface area contributed by atoms with Gasteiger partial charge >= 0.3 is 0 Å². The van der Waals surface area contributed by atoms with Gasteiger partial charge in [-0.3, -0.25) is 4.79 Å². The Morgan fingerprint density at radius 2 is 1.75 bits per heavy atom. The molecule has 0 fully saturated rings. The van der Waals surface area contributed by atoms with Gasteiger partial charge in [0.1, 0.15) is 11.5 Å². The molecule has 0 atom stereocenters. The van der Waals surface area contributed by atoms with Crippen LogP contribution in [0.5, 0.6) is 5.75 Å². The Hall–Kier alpha value is -2.60. The van der Waals surface area contributed by atoms with Gasteiger partial charge in [0.05, 0.1) is 0 Å². The van der Waals surface area contributed by atoms with E-state index in [0.29, 0.717) is 17.3 Å². The Morgan fingerprint density at radius 3 is 2.33 bits per heavy atom. The number of hydrogen-bond acceptors (Lipinski definition) is 4. The number of aromatic nitrogens is 1. The summed E-state index contributed by atoms with van der Waals surface area (Å²) in [6.45, 7) is 1.66. The molecule has 0 aliphatic carbocycles. The van der Waals surface area contributed by atoms with E-state index in [2.05, 4.69) is 26.4 Å². The molecule has 3 aromatic rings. The zero-order valence-electron chi connectivity index (χ0n) is 13.0. The molecule has 1 aromatic heterocycles. The SMILES string of the molecule is Cc1cc(NC(=O)COc2ccc(-c3ccc(Br)cc3)cc2)no1. The van der Waals surface area contributed by atoms with Gasteiger partial charge in [-0.25, -0.2) is 0 Å². The number of halogens is 1. The van der Waals surface area contributed by atoms with Gasteiger partial charge in [-0.2, -0.15) is 0 Å². The average Bonchev–Trinajstić information content (AvgIpc) is 2.99. The molecule has 0 radical (unpaired) electrons. The van der Waals surface area contributed by atoms with Crippen molar-refractivity contribution in [2.75, 3.05) is 11.9 Å². The molecule has 1 heterocycles. The van der Waals surface area contributed by atoms with Crippen LogP contribution >= 0.6 is 15.9 Å². The Balaban J connectivity index is 1.56. The molecule has 0 bridgehead atoms. The topological polar surface area (TPSA) is 64.4 Å². The van der Waals surface area contributed by atoms with E-state index in [1.807, 2.05) is 48.5 Å². The number of nitrogens with one attached hydrogen (secondary N) is 1. The predicted octanol–water partition coefficient (Wildman–Crippen LogP) is 4.43. The highest BCUT2D eigenvalue weighted by Crippen LogP contribution is 2.24. The Kier molecular flexibility index (Phi) is 4.96. The van der Waals surface area contributed by atoms with Crippen LogP contribution in [0.25, 0.3) is 11.1 Å². The largest absolute Gasteiger partial charge is 0.484 e. The molecule has 6 heteroatoms. The lowest BCUT2D eigenvalue weighted by molar-refractivity contribution is -0.118. The van der Waals surface area contributed by atoms with Gasteiger partial charge in [0, 0.05) is 10.5 Å². The van der Waals surface area contributed by atoms with Crippen molar-refractivity contribution in [2.45, 2.75) is 6.92 Å². The molecule has 1 amide bonds. The maximum Gasteiger partial charge on any atom is 0.263 e. The first-order valence-electron chi connectivity index (χ1n) is 7.32. The van der Waals surface area contributed by atoms with Gasteiger partial charge in [0.2, 0.25) is 0 Å². The molecule has 0 aliphatic heterocycles. The van der Waals surface area contributed by atoms with E-state index in [9.17, 15) is 4.79 Å². The summed E-state index contributed by atoms with van der Waals surface area (Å²) < 4.78 is 11.4. The molecule has 122 valence electrons. The van der Waals surface area contributed by atoms with Crippen LogP contribution < -0.4 is 10.1 Å². The van der Waals surface area contributed by atoms with Crippen molar-refractivity contribution >= 4 is 27.7 Å². The number of aryl methyl sites for hydroxylation is 1. The zero-order valence-corrected chi connectivity index (χ0v) is 14.5. The van der Waals surface area contributed by atoms with Crippen molar-refractivity contribution in [3.8, 4) is 16.9 Å². The van der Waals surface area contributed by atoms with E-state index in [1.165, 1.54) is 0 Å². The maximum absolute atomic E-state index is 11.8. The minimum atomic E-state index is -0.291. The minimum Gasteiger partial charge on any atom is -0.484 e. The highest BCUT2D eigenvalue weighted by molar-refractivity contribution is 9.10. The zero-order chi connectivity index (χ0) is 16.9. The van der Waals surface area contributed by atoms with Gasteiger partial charge in [-0.15, -0.1) is 0 Å². The molecule has 3 rings (SSSR count). The lowest BCUT2D eigenvalue weighted by atomic mass is 10.1. The summed E-state index contributed by atoms with van der Waals surface area (Å²) in [6.07, 6.45) is 0. The van der Waals surface area contributed by atoms with Crippen molar-refractivity contribution in [1.29, 1.82) is 0 Å². The van der Waals surface area contributed by atoms with Gasteiger partial charge < -0.3 is 14.6 Å². The van der Waals surface area contributed by atoms with Crippen molar-refractivity contribution in [3.05, 3.63) is 64.8 Å². The standard InChI is InChI=1S/C18H15BrN2O3/c1-12-10-17(21-24-12)20-18(22)11-23-16-8-4-14(5-9-16)13-2-6-15(19)7-3-13/h2-10H,11H2,1H3,(H,20,21,22). The van der Waals surface area contributed by atoms with E-state index in [0.717, 1.165) is 15.6 Å². The number of ether oxygens (including phenoxy) is 1. The molecule has 0 unspecified atom stereocenters. The summed E-state index contributed by atoms with van der Waals surface area (Å²) in [5.74, 6) is 1.35. The van der Waals surface area contributed by atoms with Crippen LogP contribution in [-0.2, 0) is 4.79 Å². The third kappa shape index (κ3) is 4.23. The lowest BCUT2D eigenvalue weighted by Crippen LogP contribution is -2.20. The number of amides is 1. The summed E-state index contributed by atoms with van der Waals surface area (Å²) in [5.41, 5.74) is 2.20. The Labute approximate surface area is 147 Å². The first kappa shape index (κ1) is 16.3. The number of rotatable bonds is 5. The first-order valence-corrected chi connectivity index (χ1v) is 8.11. The fourth-order valence-electron chi connectivity index (χ4n) is 2.14. The monoisotopic (exact) mass is 386 g/mol. The molecular formula is C18H15BrN2O3. The van der Waals surface area contributed by atoms with E-state index in [1.54, 1.807) is 13.0 Å². The summed E-state index contributed by atoms with van der Waals surface area (Å²) in [6, 6.07) is 17.3. The molecular weight excluding hydrogens is 372 g/mol. The summed E-state index contributed by atoms with van der Waals surface area (Å²) in [4.78, 5) is 11.8. The smallest absolute Gasteiger partial charge is 0.263 e. The molecule has 5 nitrogen and oxygen atoms in total. The average molecular weight is 387 g/mol. The van der Waals surface area contributed by atoms with Crippen molar-refractivity contribution in [2.24, 2.45) is 0 Å². The molecule has 0 saturated carbocycles. The quantitative estimate of drug-likeness (QED) is 0.704. The first-order chi connectivity index (χ1) is 11.6. The van der Waals surface area contributed by atoms with Crippen LogP contribution in [0.15, 0.2) is 63.6 Å². The number of benzene rings is 2. The van der Waals surface area contributed by atoms with Crippen molar-refractivity contribution in [3.63, 3.8) is 0 Å². The van der Waals surface area contributed by atoms with Crippen LogP contribution in [-0.4, -0.2) is 17.7 Å². The Morgan fingerprint density at radius 1 is 1.12 bits per heavy atom. The minimum absolute atomic E-state index is 0.0937. The van der Waals surface area contributed by atoms with E-state index in [-0.39, 0.29) is 12.5 Å². The number of carbonyl (C=O) groups excluding carboxylic acids is 1. The fraction of sp³-hybridized carbons (Fsp3) is 0.111. The maximum atomic E-state index is 11.8. The number of nitrogens with zero attached hydrogens (tertiary/aromatic N) is 1. The third-order valence-corrected chi connectivity index (χ3v) is 3.83. The van der Waals surface area contributed by atoms with Crippen LogP contribution in [0.1, 0.15) is 5.76 Å². The third-order valence-electron chi connectivity index (χ3n) is 3.30. The highest BCUT2D eigenvalue weighted by atomic mass is 79.9. The molecule has 1 N–H and O–H groups in total. The number of anilines is 1. The fourth-order valence-corrected chi connectivity index (χ4v) is 2.40.